The summed E-state index contributed by atoms with van der Waals surface area (Å²) in [4.78, 5) is 0. The highest BCUT2D eigenvalue weighted by atomic mass is 19.1. The van der Waals surface area contributed by atoms with Crippen molar-refractivity contribution in [1.29, 1.82) is 0 Å². The molecule has 2 rings (SSSR count). The summed E-state index contributed by atoms with van der Waals surface area (Å²) in [6.45, 7) is 4.60. The fourth-order valence-electron chi connectivity index (χ4n) is 3.21. The Labute approximate surface area is 125 Å². The number of aliphatic hydroxyl groups is 1. The first-order chi connectivity index (χ1) is 9.97. The maximum Gasteiger partial charge on any atom is 0.126 e. The van der Waals surface area contributed by atoms with E-state index in [9.17, 15) is 13.9 Å². The van der Waals surface area contributed by atoms with Crippen LogP contribution in [0.1, 0.15) is 45.1 Å². The molecule has 2 nitrogen and oxygen atoms in total. The summed E-state index contributed by atoms with van der Waals surface area (Å²) in [5.41, 5.74) is -0.416. The average molecular weight is 298 g/mol. The highest BCUT2D eigenvalue weighted by Crippen LogP contribution is 2.38. The molecule has 1 saturated carbocycles. The average Bonchev–Trinajstić information content (AvgIpc) is 2.46. The molecule has 1 atom stereocenters. The Kier molecular flexibility index (Phi) is 5.33. The second-order valence-corrected chi connectivity index (χ2v) is 6.14. The molecule has 0 radical (unpaired) electrons. The van der Waals surface area contributed by atoms with Gasteiger partial charge in [-0.2, -0.15) is 0 Å². The molecule has 0 spiro atoms. The zero-order valence-corrected chi connectivity index (χ0v) is 12.7. The van der Waals surface area contributed by atoms with Crippen molar-refractivity contribution < 1.29 is 18.6 Å². The van der Waals surface area contributed by atoms with Crippen LogP contribution < -0.4 is 0 Å². The van der Waals surface area contributed by atoms with Gasteiger partial charge in [0.25, 0.3) is 0 Å². The lowest BCUT2D eigenvalue weighted by atomic mass is 9.75. The standard InChI is InChI=1S/C17H24F2O2/c1-3-21-17(8-6-12(2)7-9-17)16(20)11-13-10-14(18)4-5-15(13)19/h4-5,10,12,16,20H,3,6-9,11H2,1-2H3. The van der Waals surface area contributed by atoms with E-state index in [1.807, 2.05) is 6.92 Å². The quantitative estimate of drug-likeness (QED) is 0.894. The summed E-state index contributed by atoms with van der Waals surface area (Å²) in [5.74, 6) is -0.343. The lowest BCUT2D eigenvalue weighted by Gasteiger charge is -2.42. The Balaban J connectivity index is 2.15. The number of benzene rings is 1. The molecular formula is C17H24F2O2. The van der Waals surface area contributed by atoms with Crippen LogP contribution in [0.3, 0.4) is 0 Å². The highest BCUT2D eigenvalue weighted by molar-refractivity contribution is 5.20. The zero-order valence-electron chi connectivity index (χ0n) is 12.7. The van der Waals surface area contributed by atoms with E-state index in [4.69, 9.17) is 4.74 Å². The van der Waals surface area contributed by atoms with E-state index >= 15 is 0 Å². The minimum Gasteiger partial charge on any atom is -0.390 e. The number of ether oxygens (including phenoxy) is 1. The van der Waals surface area contributed by atoms with Crippen molar-refractivity contribution in [3.05, 3.63) is 35.4 Å². The Bertz CT molecular complexity index is 468. The molecule has 1 aliphatic carbocycles. The molecule has 1 aliphatic rings. The highest BCUT2D eigenvalue weighted by Gasteiger charge is 2.41. The van der Waals surface area contributed by atoms with Crippen LogP contribution in [0, 0.1) is 17.6 Å². The van der Waals surface area contributed by atoms with Gasteiger partial charge in [-0.3, -0.25) is 0 Å². The zero-order chi connectivity index (χ0) is 15.5. The third-order valence-electron chi connectivity index (χ3n) is 4.58. The Hall–Kier alpha value is -1.00. The second-order valence-electron chi connectivity index (χ2n) is 6.14. The number of rotatable bonds is 5. The maximum atomic E-state index is 13.8. The van der Waals surface area contributed by atoms with Crippen LogP contribution in [-0.4, -0.2) is 23.4 Å². The van der Waals surface area contributed by atoms with E-state index in [1.54, 1.807) is 0 Å². The van der Waals surface area contributed by atoms with Crippen LogP contribution in [-0.2, 0) is 11.2 Å². The van der Waals surface area contributed by atoms with Gasteiger partial charge >= 0.3 is 0 Å². The fraction of sp³-hybridized carbons (Fsp3) is 0.647. The number of hydrogen-bond donors (Lipinski definition) is 1. The van der Waals surface area contributed by atoms with Crippen molar-refractivity contribution in [2.45, 2.75) is 57.7 Å². The Morgan fingerprint density at radius 2 is 2.00 bits per heavy atom. The van der Waals surface area contributed by atoms with E-state index in [0.29, 0.717) is 12.5 Å². The molecule has 0 heterocycles. The molecule has 118 valence electrons. The van der Waals surface area contributed by atoms with Gasteiger partial charge in [-0.25, -0.2) is 8.78 Å². The second kappa shape index (κ2) is 6.84. The molecule has 1 N–H and O–H groups in total. The van der Waals surface area contributed by atoms with Gasteiger partial charge in [0, 0.05) is 13.0 Å². The molecule has 0 amide bonds. The number of halogens is 2. The normalized spacial score (nSPS) is 27.6. The molecule has 0 bridgehead atoms. The van der Waals surface area contributed by atoms with E-state index in [0.717, 1.165) is 43.9 Å². The predicted molar refractivity (Wildman–Crippen MR) is 78.1 cm³/mol. The summed E-state index contributed by atoms with van der Waals surface area (Å²) in [6.07, 6.45) is 2.77. The van der Waals surface area contributed by atoms with Gasteiger partial charge < -0.3 is 9.84 Å². The van der Waals surface area contributed by atoms with Gasteiger partial charge in [0.05, 0.1) is 11.7 Å². The fourth-order valence-corrected chi connectivity index (χ4v) is 3.21. The van der Waals surface area contributed by atoms with Gasteiger partial charge in [0.2, 0.25) is 0 Å². The van der Waals surface area contributed by atoms with Gasteiger partial charge in [0.15, 0.2) is 0 Å². The van der Waals surface area contributed by atoms with Crippen molar-refractivity contribution in [2.24, 2.45) is 5.92 Å². The summed E-state index contributed by atoms with van der Waals surface area (Å²) < 4.78 is 32.9. The third kappa shape index (κ3) is 3.80. The maximum absolute atomic E-state index is 13.8. The van der Waals surface area contributed by atoms with Crippen LogP contribution in [0.5, 0.6) is 0 Å². The minimum atomic E-state index is -0.818. The smallest absolute Gasteiger partial charge is 0.126 e. The van der Waals surface area contributed by atoms with E-state index in [-0.39, 0.29) is 12.0 Å². The molecule has 1 aromatic rings. The van der Waals surface area contributed by atoms with Crippen LogP contribution in [0.25, 0.3) is 0 Å². The molecule has 0 saturated heterocycles. The molecule has 1 unspecified atom stereocenters. The lowest BCUT2D eigenvalue weighted by molar-refractivity contribution is -0.143. The van der Waals surface area contributed by atoms with Gasteiger partial charge in [-0.15, -0.1) is 0 Å². The SMILES string of the molecule is CCOC1(C(O)Cc2cc(F)ccc2F)CCC(C)CC1. The van der Waals surface area contributed by atoms with Crippen LogP contribution in [0.2, 0.25) is 0 Å². The summed E-state index contributed by atoms with van der Waals surface area (Å²) in [5, 5.41) is 10.6. The van der Waals surface area contributed by atoms with Crippen molar-refractivity contribution in [2.75, 3.05) is 6.61 Å². The lowest BCUT2D eigenvalue weighted by Crippen LogP contribution is -2.48. The summed E-state index contributed by atoms with van der Waals surface area (Å²) >= 11 is 0. The monoisotopic (exact) mass is 298 g/mol. The van der Waals surface area contributed by atoms with E-state index in [1.165, 1.54) is 0 Å². The molecule has 21 heavy (non-hydrogen) atoms. The van der Waals surface area contributed by atoms with E-state index in [2.05, 4.69) is 6.92 Å². The molecule has 1 fully saturated rings. The minimum absolute atomic E-state index is 0.0813. The van der Waals surface area contributed by atoms with Crippen molar-refractivity contribution in [3.8, 4) is 0 Å². The van der Waals surface area contributed by atoms with Crippen molar-refractivity contribution in [3.63, 3.8) is 0 Å². The molecule has 0 aromatic heterocycles. The number of aliphatic hydroxyl groups excluding tert-OH is 1. The first kappa shape index (κ1) is 16.4. The summed E-state index contributed by atoms with van der Waals surface area (Å²) in [6, 6.07) is 3.35. The molecule has 0 aliphatic heterocycles. The van der Waals surface area contributed by atoms with Crippen LogP contribution in [0.4, 0.5) is 8.78 Å². The molecular weight excluding hydrogens is 274 g/mol. The predicted octanol–water partition coefficient (Wildman–Crippen LogP) is 3.85. The first-order valence-corrected chi connectivity index (χ1v) is 7.73. The van der Waals surface area contributed by atoms with Gasteiger partial charge in [-0.05, 0) is 62.3 Å². The molecule has 4 heteroatoms. The Morgan fingerprint density at radius 1 is 1.33 bits per heavy atom. The topological polar surface area (TPSA) is 29.5 Å². The Morgan fingerprint density at radius 3 is 2.62 bits per heavy atom. The van der Waals surface area contributed by atoms with Crippen molar-refractivity contribution >= 4 is 0 Å². The van der Waals surface area contributed by atoms with Crippen molar-refractivity contribution in [1.82, 2.24) is 0 Å². The molecule has 1 aromatic carbocycles. The first-order valence-electron chi connectivity index (χ1n) is 7.73. The van der Waals surface area contributed by atoms with Gasteiger partial charge in [-0.1, -0.05) is 6.92 Å². The summed E-state index contributed by atoms with van der Waals surface area (Å²) in [7, 11) is 0. The third-order valence-corrected chi connectivity index (χ3v) is 4.58. The van der Waals surface area contributed by atoms with Crippen LogP contribution >= 0.6 is 0 Å². The largest absolute Gasteiger partial charge is 0.390 e. The van der Waals surface area contributed by atoms with Crippen LogP contribution in [0.15, 0.2) is 18.2 Å². The van der Waals surface area contributed by atoms with Gasteiger partial charge in [0.1, 0.15) is 11.6 Å². The number of hydrogen-bond acceptors (Lipinski definition) is 2. The van der Waals surface area contributed by atoms with E-state index < -0.39 is 23.3 Å².